The highest BCUT2D eigenvalue weighted by Gasteiger charge is 2.16. The van der Waals surface area contributed by atoms with Crippen molar-refractivity contribution in [2.75, 3.05) is 31.5 Å². The van der Waals surface area contributed by atoms with E-state index in [1.165, 1.54) is 11.8 Å². The smallest absolute Gasteiger partial charge is 0.275 e. The third kappa shape index (κ3) is 4.64. The van der Waals surface area contributed by atoms with E-state index >= 15 is 0 Å². The van der Waals surface area contributed by atoms with Gasteiger partial charge in [-0.3, -0.25) is 14.7 Å². The number of hydrogen-bond donors (Lipinski definition) is 2. The molecule has 0 unspecified atom stereocenters. The largest absolute Gasteiger partial charge is 0.320 e. The molecule has 0 atom stereocenters. The molecule has 35 heavy (non-hydrogen) atoms. The lowest BCUT2D eigenvalue weighted by molar-refractivity contribution is 0.102. The first-order chi connectivity index (χ1) is 17.2. The quantitative estimate of drug-likeness (QED) is 0.384. The van der Waals surface area contributed by atoms with Crippen LogP contribution in [-0.2, 0) is 6.54 Å². The van der Waals surface area contributed by atoms with Gasteiger partial charge in [0, 0.05) is 38.3 Å². The van der Waals surface area contributed by atoms with Gasteiger partial charge in [0.15, 0.2) is 0 Å². The zero-order valence-corrected chi connectivity index (χ0v) is 19.9. The van der Waals surface area contributed by atoms with Gasteiger partial charge in [-0.15, -0.1) is 11.3 Å². The van der Waals surface area contributed by atoms with Gasteiger partial charge in [-0.2, -0.15) is 0 Å². The lowest BCUT2D eigenvalue weighted by Gasteiger charge is -2.27. The molecular formula is C27H24N6OS. The van der Waals surface area contributed by atoms with Crippen molar-refractivity contribution < 1.29 is 4.79 Å². The van der Waals surface area contributed by atoms with Crippen molar-refractivity contribution in [2.45, 2.75) is 6.54 Å². The number of para-hydroxylation sites is 3. The van der Waals surface area contributed by atoms with Crippen molar-refractivity contribution in [3.05, 3.63) is 84.2 Å². The predicted octanol–water partition coefficient (Wildman–Crippen LogP) is 4.56. The highest BCUT2D eigenvalue weighted by molar-refractivity contribution is 7.21. The normalized spacial score (nSPS) is 14.4. The molecule has 2 aromatic heterocycles. The highest BCUT2D eigenvalue weighted by atomic mass is 32.1. The number of benzene rings is 3. The summed E-state index contributed by atoms with van der Waals surface area (Å²) < 4.78 is 1.15. The summed E-state index contributed by atoms with van der Waals surface area (Å²) in [7, 11) is 0. The first kappa shape index (κ1) is 21.8. The molecule has 0 radical (unpaired) electrons. The first-order valence-corrected chi connectivity index (χ1v) is 12.5. The fourth-order valence-corrected chi connectivity index (χ4v) is 5.41. The van der Waals surface area contributed by atoms with Crippen LogP contribution >= 0.6 is 11.3 Å². The SMILES string of the molecule is O=C(Nc1ccccc1-c1nc2ccc(CN3CCNCC3)cc2s1)c1cnc2ccccc2n1. The summed E-state index contributed by atoms with van der Waals surface area (Å²) in [5.41, 5.74) is 5.58. The van der Waals surface area contributed by atoms with Crippen molar-refractivity contribution in [1.82, 2.24) is 25.2 Å². The molecule has 0 bridgehead atoms. The molecule has 1 aliphatic heterocycles. The molecule has 0 saturated carbocycles. The molecule has 1 aliphatic rings. The van der Waals surface area contributed by atoms with E-state index in [-0.39, 0.29) is 11.6 Å². The average Bonchev–Trinajstić information content (AvgIpc) is 3.32. The number of fused-ring (bicyclic) bond motifs is 2. The first-order valence-electron chi connectivity index (χ1n) is 11.7. The number of hydrogen-bond acceptors (Lipinski definition) is 7. The lowest BCUT2D eigenvalue weighted by Crippen LogP contribution is -2.42. The Morgan fingerprint density at radius 2 is 1.74 bits per heavy atom. The number of piperazine rings is 1. The summed E-state index contributed by atoms with van der Waals surface area (Å²) in [5.74, 6) is -0.296. The summed E-state index contributed by atoms with van der Waals surface area (Å²) >= 11 is 1.64. The minimum Gasteiger partial charge on any atom is -0.320 e. The number of nitrogens with zero attached hydrogens (tertiary/aromatic N) is 4. The molecule has 3 aromatic carbocycles. The predicted molar refractivity (Wildman–Crippen MR) is 141 cm³/mol. The van der Waals surface area contributed by atoms with Crippen molar-refractivity contribution >= 4 is 44.2 Å². The van der Waals surface area contributed by atoms with Crippen LogP contribution in [0.15, 0.2) is 72.9 Å². The Hall–Kier alpha value is -3.72. The number of thiazole rings is 1. The van der Waals surface area contributed by atoms with Crippen LogP contribution in [0.5, 0.6) is 0 Å². The van der Waals surface area contributed by atoms with Crippen LogP contribution in [0.2, 0.25) is 0 Å². The maximum Gasteiger partial charge on any atom is 0.275 e. The standard InChI is InChI=1S/C27H24N6OS/c34-26(24-16-29-21-7-3-4-8-22(21)30-24)31-20-6-2-1-5-19(20)27-32-23-10-9-18(15-25(23)35-27)17-33-13-11-28-12-14-33/h1-10,15-16,28H,11-14,17H2,(H,31,34). The van der Waals surface area contributed by atoms with Gasteiger partial charge in [-0.25, -0.2) is 9.97 Å². The Morgan fingerprint density at radius 3 is 2.63 bits per heavy atom. The zero-order chi connectivity index (χ0) is 23.6. The summed E-state index contributed by atoms with van der Waals surface area (Å²) in [5, 5.41) is 7.29. The second-order valence-corrected chi connectivity index (χ2v) is 9.62. The maximum atomic E-state index is 13.0. The van der Waals surface area contributed by atoms with Gasteiger partial charge in [0.25, 0.3) is 5.91 Å². The molecule has 174 valence electrons. The van der Waals surface area contributed by atoms with Crippen LogP contribution in [0.25, 0.3) is 31.8 Å². The molecule has 8 heteroatoms. The van der Waals surface area contributed by atoms with Gasteiger partial charge < -0.3 is 10.6 Å². The number of anilines is 1. The Morgan fingerprint density at radius 1 is 0.943 bits per heavy atom. The van der Waals surface area contributed by atoms with Crippen LogP contribution in [0.1, 0.15) is 16.1 Å². The molecule has 7 nitrogen and oxygen atoms in total. The number of rotatable bonds is 5. The summed E-state index contributed by atoms with van der Waals surface area (Å²) in [4.78, 5) is 29.2. The Labute approximate surface area is 206 Å². The zero-order valence-electron chi connectivity index (χ0n) is 19.1. The van der Waals surface area contributed by atoms with E-state index in [0.717, 1.165) is 59.0 Å². The second kappa shape index (κ2) is 9.50. The van der Waals surface area contributed by atoms with E-state index in [0.29, 0.717) is 11.2 Å². The van der Waals surface area contributed by atoms with E-state index in [4.69, 9.17) is 4.98 Å². The van der Waals surface area contributed by atoms with Crippen molar-refractivity contribution in [2.24, 2.45) is 0 Å². The topological polar surface area (TPSA) is 83.0 Å². The van der Waals surface area contributed by atoms with Crippen LogP contribution in [0, 0.1) is 0 Å². The molecule has 0 spiro atoms. The summed E-state index contributed by atoms with van der Waals surface area (Å²) in [6, 6.07) is 21.8. The number of amides is 1. The van der Waals surface area contributed by atoms with Gasteiger partial charge in [0.1, 0.15) is 10.7 Å². The molecular weight excluding hydrogens is 456 g/mol. The maximum absolute atomic E-state index is 13.0. The second-order valence-electron chi connectivity index (χ2n) is 8.59. The Bertz CT molecular complexity index is 1520. The van der Waals surface area contributed by atoms with Gasteiger partial charge in [0.2, 0.25) is 0 Å². The molecule has 2 N–H and O–H groups in total. The van der Waals surface area contributed by atoms with E-state index in [2.05, 4.69) is 43.7 Å². The summed E-state index contributed by atoms with van der Waals surface area (Å²) in [6.07, 6.45) is 1.51. The number of carbonyl (C=O) groups excluding carboxylic acids is 1. The highest BCUT2D eigenvalue weighted by Crippen LogP contribution is 2.35. The fraction of sp³-hybridized carbons (Fsp3) is 0.185. The third-order valence-corrected chi connectivity index (χ3v) is 7.21. The van der Waals surface area contributed by atoms with Crippen LogP contribution in [-0.4, -0.2) is 51.9 Å². The molecule has 0 aliphatic carbocycles. The van der Waals surface area contributed by atoms with E-state index in [1.54, 1.807) is 11.3 Å². The fourth-order valence-electron chi connectivity index (χ4n) is 4.34. The molecule has 6 rings (SSSR count). The average molecular weight is 481 g/mol. The monoisotopic (exact) mass is 480 g/mol. The molecule has 1 fully saturated rings. The Balaban J connectivity index is 1.26. The van der Waals surface area contributed by atoms with E-state index < -0.39 is 0 Å². The molecule has 5 aromatic rings. The minimum absolute atomic E-state index is 0.278. The summed E-state index contributed by atoms with van der Waals surface area (Å²) in [6.45, 7) is 5.17. The van der Waals surface area contributed by atoms with E-state index in [1.807, 2.05) is 48.5 Å². The number of carbonyl (C=O) groups is 1. The van der Waals surface area contributed by atoms with Gasteiger partial charge in [-0.05, 0) is 42.0 Å². The Kier molecular flexibility index (Phi) is 5.91. The van der Waals surface area contributed by atoms with Crippen LogP contribution in [0.4, 0.5) is 5.69 Å². The van der Waals surface area contributed by atoms with E-state index in [9.17, 15) is 4.79 Å². The van der Waals surface area contributed by atoms with Gasteiger partial charge in [-0.1, -0.05) is 30.3 Å². The van der Waals surface area contributed by atoms with Crippen LogP contribution < -0.4 is 10.6 Å². The van der Waals surface area contributed by atoms with Gasteiger partial charge in [0.05, 0.1) is 33.1 Å². The van der Waals surface area contributed by atoms with Gasteiger partial charge >= 0.3 is 0 Å². The van der Waals surface area contributed by atoms with Crippen LogP contribution in [0.3, 0.4) is 0 Å². The minimum atomic E-state index is -0.296. The third-order valence-electron chi connectivity index (χ3n) is 6.16. The number of aromatic nitrogens is 3. The molecule has 1 amide bonds. The molecule has 3 heterocycles. The van der Waals surface area contributed by atoms with Crippen molar-refractivity contribution in [1.29, 1.82) is 0 Å². The van der Waals surface area contributed by atoms with Crippen molar-refractivity contribution in [3.63, 3.8) is 0 Å². The van der Waals surface area contributed by atoms with Crippen molar-refractivity contribution in [3.8, 4) is 10.6 Å². The lowest BCUT2D eigenvalue weighted by atomic mass is 10.1. The number of nitrogens with one attached hydrogen (secondary N) is 2. The molecule has 1 saturated heterocycles.